The molecule has 2 aromatic rings. The van der Waals surface area contributed by atoms with E-state index in [-0.39, 0.29) is 31.4 Å². The molecule has 0 amide bonds. The lowest BCUT2D eigenvalue weighted by Gasteiger charge is -2.16. The lowest BCUT2D eigenvalue weighted by Crippen LogP contribution is -2.20. The normalized spacial score (nSPS) is 10.4. The van der Waals surface area contributed by atoms with Crippen LogP contribution in [-0.2, 0) is 17.9 Å². The van der Waals surface area contributed by atoms with E-state index in [2.05, 4.69) is 5.32 Å². The number of methoxy groups -OCH3 is 1. The van der Waals surface area contributed by atoms with Gasteiger partial charge in [-0.1, -0.05) is 29.8 Å². The van der Waals surface area contributed by atoms with Crippen LogP contribution in [0.1, 0.15) is 11.1 Å². The average Bonchev–Trinajstić information content (AvgIpc) is 2.64. The molecule has 0 aliphatic heterocycles. The molecule has 0 aliphatic carbocycles. The third kappa shape index (κ3) is 7.52. The maximum Gasteiger partial charge on any atom is 0.166 e. The molecular weight excluding hydrogens is 396 g/mol. The summed E-state index contributed by atoms with van der Waals surface area (Å²) in [7, 11) is 1.58. The molecular formula is C19H24Cl2FNO4. The summed E-state index contributed by atoms with van der Waals surface area (Å²) in [5, 5.41) is 12.2. The van der Waals surface area contributed by atoms with Crippen LogP contribution in [0, 0.1) is 5.82 Å². The Morgan fingerprint density at radius 1 is 1.15 bits per heavy atom. The third-order valence-electron chi connectivity index (χ3n) is 3.64. The summed E-state index contributed by atoms with van der Waals surface area (Å²) in [6, 6.07) is 9.85. The van der Waals surface area contributed by atoms with E-state index in [1.54, 1.807) is 13.2 Å². The molecule has 0 aromatic heterocycles. The van der Waals surface area contributed by atoms with Crippen LogP contribution in [0.15, 0.2) is 36.4 Å². The maximum atomic E-state index is 13.2. The van der Waals surface area contributed by atoms with E-state index in [0.29, 0.717) is 48.4 Å². The maximum absolute atomic E-state index is 13.2. The van der Waals surface area contributed by atoms with E-state index in [4.69, 9.17) is 30.9 Å². The molecule has 0 bridgehead atoms. The van der Waals surface area contributed by atoms with Crippen LogP contribution in [0.5, 0.6) is 11.5 Å². The van der Waals surface area contributed by atoms with Gasteiger partial charge in [0.1, 0.15) is 12.4 Å². The smallest absolute Gasteiger partial charge is 0.166 e. The van der Waals surface area contributed by atoms with Crippen molar-refractivity contribution >= 4 is 24.0 Å². The molecule has 0 aliphatic rings. The van der Waals surface area contributed by atoms with Crippen molar-refractivity contribution in [2.24, 2.45) is 0 Å². The van der Waals surface area contributed by atoms with E-state index in [0.717, 1.165) is 5.56 Å². The van der Waals surface area contributed by atoms with Gasteiger partial charge < -0.3 is 24.6 Å². The van der Waals surface area contributed by atoms with Gasteiger partial charge in [0.2, 0.25) is 0 Å². The van der Waals surface area contributed by atoms with Crippen molar-refractivity contribution in [3.8, 4) is 11.5 Å². The Morgan fingerprint density at radius 3 is 2.67 bits per heavy atom. The standard InChI is InChI=1S/C19H23ClFNO4.ClH/c1-24-18-4-2-3-14(12-22-7-9-25-10-8-23)19(18)26-13-15-5-6-16(21)11-17(15)20;/h2-6,11,22-23H,7-10,12-13H2,1H3;1H. The van der Waals surface area contributed by atoms with Crippen molar-refractivity contribution in [1.82, 2.24) is 5.32 Å². The van der Waals surface area contributed by atoms with Gasteiger partial charge in [0.25, 0.3) is 0 Å². The number of halogens is 3. The Hall–Kier alpha value is -1.57. The van der Waals surface area contributed by atoms with Gasteiger partial charge in [-0.25, -0.2) is 4.39 Å². The highest BCUT2D eigenvalue weighted by molar-refractivity contribution is 6.31. The Kier molecular flexibility index (Phi) is 11.1. The molecule has 0 unspecified atom stereocenters. The predicted molar refractivity (Wildman–Crippen MR) is 106 cm³/mol. The second kappa shape index (κ2) is 12.8. The minimum Gasteiger partial charge on any atom is -0.493 e. The van der Waals surface area contributed by atoms with Gasteiger partial charge in [0.05, 0.1) is 32.0 Å². The zero-order valence-electron chi connectivity index (χ0n) is 15.0. The van der Waals surface area contributed by atoms with Gasteiger partial charge in [-0.15, -0.1) is 12.4 Å². The first-order chi connectivity index (χ1) is 12.7. The highest BCUT2D eigenvalue weighted by atomic mass is 35.5. The van der Waals surface area contributed by atoms with Crippen LogP contribution >= 0.6 is 24.0 Å². The summed E-state index contributed by atoms with van der Waals surface area (Å²) in [5.74, 6) is 0.836. The van der Waals surface area contributed by atoms with Crippen LogP contribution in [0.4, 0.5) is 4.39 Å². The summed E-state index contributed by atoms with van der Waals surface area (Å²) in [4.78, 5) is 0. The first-order valence-electron chi connectivity index (χ1n) is 8.27. The molecule has 2 rings (SSSR count). The number of rotatable bonds is 11. The Bertz CT molecular complexity index is 703. The van der Waals surface area contributed by atoms with E-state index in [9.17, 15) is 4.39 Å². The van der Waals surface area contributed by atoms with Crippen molar-refractivity contribution in [1.29, 1.82) is 0 Å². The largest absolute Gasteiger partial charge is 0.493 e. The van der Waals surface area contributed by atoms with Crippen molar-refractivity contribution in [2.75, 3.05) is 33.5 Å². The fraction of sp³-hybridized carbons (Fsp3) is 0.368. The summed E-state index contributed by atoms with van der Waals surface area (Å²) in [6.45, 7) is 2.25. The number of para-hydroxylation sites is 1. The first-order valence-corrected chi connectivity index (χ1v) is 8.65. The molecule has 0 atom stereocenters. The van der Waals surface area contributed by atoms with Crippen molar-refractivity contribution in [2.45, 2.75) is 13.2 Å². The number of hydrogen-bond donors (Lipinski definition) is 2. The number of aliphatic hydroxyl groups excluding tert-OH is 1. The average molecular weight is 420 g/mol. The molecule has 0 saturated carbocycles. The molecule has 0 saturated heterocycles. The molecule has 8 heteroatoms. The van der Waals surface area contributed by atoms with Gasteiger partial charge in [-0.3, -0.25) is 0 Å². The van der Waals surface area contributed by atoms with E-state index in [1.807, 2.05) is 18.2 Å². The van der Waals surface area contributed by atoms with Crippen LogP contribution in [-0.4, -0.2) is 38.6 Å². The van der Waals surface area contributed by atoms with Crippen molar-refractivity contribution in [3.05, 3.63) is 58.4 Å². The molecule has 2 aromatic carbocycles. The number of benzene rings is 2. The van der Waals surface area contributed by atoms with Gasteiger partial charge in [0.15, 0.2) is 11.5 Å². The summed E-state index contributed by atoms with van der Waals surface area (Å²) >= 11 is 6.06. The second-order valence-corrected chi connectivity index (χ2v) is 5.89. The zero-order valence-corrected chi connectivity index (χ0v) is 16.6. The monoisotopic (exact) mass is 419 g/mol. The summed E-state index contributed by atoms with van der Waals surface area (Å²) in [5.41, 5.74) is 1.61. The predicted octanol–water partition coefficient (Wildman–Crippen LogP) is 3.59. The summed E-state index contributed by atoms with van der Waals surface area (Å²) in [6.07, 6.45) is 0. The van der Waals surface area contributed by atoms with E-state index in [1.165, 1.54) is 12.1 Å². The number of hydrogen-bond acceptors (Lipinski definition) is 5. The van der Waals surface area contributed by atoms with E-state index >= 15 is 0 Å². The quantitative estimate of drug-likeness (QED) is 0.545. The topological polar surface area (TPSA) is 60.0 Å². The number of ether oxygens (including phenoxy) is 3. The highest BCUT2D eigenvalue weighted by Gasteiger charge is 2.12. The fourth-order valence-electron chi connectivity index (χ4n) is 2.35. The first kappa shape index (κ1) is 23.5. The molecule has 0 fully saturated rings. The summed E-state index contributed by atoms with van der Waals surface area (Å²) < 4.78 is 29.7. The number of nitrogens with one attached hydrogen (secondary N) is 1. The SMILES string of the molecule is COc1cccc(CNCCOCCO)c1OCc1ccc(F)cc1Cl.Cl. The van der Waals surface area contributed by atoms with Gasteiger partial charge in [-0.05, 0) is 18.2 Å². The Labute approximate surface area is 169 Å². The lowest BCUT2D eigenvalue weighted by atomic mass is 10.1. The molecule has 150 valence electrons. The molecule has 5 nitrogen and oxygen atoms in total. The Morgan fingerprint density at radius 2 is 1.96 bits per heavy atom. The van der Waals surface area contributed by atoms with Crippen LogP contribution in [0.2, 0.25) is 5.02 Å². The van der Waals surface area contributed by atoms with E-state index < -0.39 is 0 Å². The zero-order chi connectivity index (χ0) is 18.8. The minimum atomic E-state index is -0.385. The van der Waals surface area contributed by atoms with Crippen LogP contribution < -0.4 is 14.8 Å². The van der Waals surface area contributed by atoms with Crippen molar-refractivity contribution < 1.29 is 23.7 Å². The minimum absolute atomic E-state index is 0. The molecule has 2 N–H and O–H groups in total. The lowest BCUT2D eigenvalue weighted by molar-refractivity contribution is 0.0937. The van der Waals surface area contributed by atoms with Crippen LogP contribution in [0.25, 0.3) is 0 Å². The van der Waals surface area contributed by atoms with Gasteiger partial charge >= 0.3 is 0 Å². The highest BCUT2D eigenvalue weighted by Crippen LogP contribution is 2.32. The molecule has 0 heterocycles. The second-order valence-electron chi connectivity index (χ2n) is 5.49. The molecule has 0 spiro atoms. The van der Waals surface area contributed by atoms with Gasteiger partial charge in [-0.2, -0.15) is 0 Å². The third-order valence-corrected chi connectivity index (χ3v) is 3.99. The number of aliphatic hydroxyl groups is 1. The molecule has 0 radical (unpaired) electrons. The van der Waals surface area contributed by atoms with Crippen molar-refractivity contribution in [3.63, 3.8) is 0 Å². The van der Waals surface area contributed by atoms with Gasteiger partial charge in [0, 0.05) is 24.2 Å². The van der Waals surface area contributed by atoms with Crippen LogP contribution in [0.3, 0.4) is 0 Å². The Balaban J connectivity index is 0.00000364. The fourth-order valence-corrected chi connectivity index (χ4v) is 2.57. The molecule has 27 heavy (non-hydrogen) atoms.